The Bertz CT molecular complexity index is 1330. The van der Waals surface area contributed by atoms with Gasteiger partial charge in [-0.15, -0.1) is 0 Å². The summed E-state index contributed by atoms with van der Waals surface area (Å²) < 4.78 is 59.7. The normalized spacial score (nSPS) is 19.0. The van der Waals surface area contributed by atoms with E-state index in [2.05, 4.69) is 5.32 Å². The Balaban J connectivity index is 1.66. The average molecular weight is 489 g/mol. The molecule has 1 saturated heterocycles. The molecular formula is C25H27F3N4O3. The van der Waals surface area contributed by atoms with Crippen LogP contribution in [0.4, 0.5) is 19.1 Å². The number of ether oxygens (including phenoxy) is 3. The van der Waals surface area contributed by atoms with Crippen molar-refractivity contribution < 1.29 is 27.4 Å². The molecule has 35 heavy (non-hydrogen) atoms. The van der Waals surface area contributed by atoms with Crippen molar-refractivity contribution >= 4 is 16.9 Å². The molecule has 2 aromatic carbocycles. The Kier molecular flexibility index (Phi) is 6.08. The molecule has 2 atom stereocenters. The summed E-state index contributed by atoms with van der Waals surface area (Å²) >= 11 is 0. The maximum atomic E-state index is 13.5. The van der Waals surface area contributed by atoms with Crippen LogP contribution in [-0.4, -0.2) is 42.5 Å². The maximum Gasteiger partial charge on any atom is 0.416 e. The summed E-state index contributed by atoms with van der Waals surface area (Å²) in [6.07, 6.45) is -3.72. The van der Waals surface area contributed by atoms with Crippen LogP contribution in [0.3, 0.4) is 0 Å². The molecule has 2 aliphatic heterocycles. The van der Waals surface area contributed by atoms with Crippen molar-refractivity contribution in [1.29, 1.82) is 0 Å². The standard InChI is InChI=1S/C25H27F3N4O3/c1-14-17(5-4-6-19(14)25(26,27)28)15(2)30-23-18-11-22(35-16-7-10-34-13-16)21(33-3)12-20(18)32-9-8-29-24(32)31-23/h4-6,11-12,15-16H,7-10,13H2,1-3H3,(H,29,30,31)/t15-,16?/m1/s1. The first-order valence-electron chi connectivity index (χ1n) is 11.6. The third kappa shape index (κ3) is 4.42. The quantitative estimate of drug-likeness (QED) is 0.567. The molecule has 7 nitrogen and oxygen atoms in total. The number of rotatable bonds is 5. The molecule has 0 radical (unpaired) electrons. The monoisotopic (exact) mass is 488 g/mol. The second-order valence-electron chi connectivity index (χ2n) is 8.78. The SMILES string of the molecule is COc1cc2c(cc1OC1CCOC1)c(=N[C@H](C)c1cccc(C(F)(F)F)c1C)nc1n2CCN1. The van der Waals surface area contributed by atoms with Crippen LogP contribution in [0.15, 0.2) is 35.3 Å². The van der Waals surface area contributed by atoms with Crippen molar-refractivity contribution in [2.75, 3.05) is 32.2 Å². The summed E-state index contributed by atoms with van der Waals surface area (Å²) in [6, 6.07) is 7.40. The van der Waals surface area contributed by atoms with Crippen LogP contribution in [0.2, 0.25) is 0 Å². The van der Waals surface area contributed by atoms with Crippen LogP contribution in [0.25, 0.3) is 10.9 Å². The first-order valence-corrected chi connectivity index (χ1v) is 11.6. The van der Waals surface area contributed by atoms with Crippen LogP contribution in [0.5, 0.6) is 11.5 Å². The molecule has 1 unspecified atom stereocenters. The molecule has 1 aromatic heterocycles. The van der Waals surface area contributed by atoms with E-state index in [1.807, 2.05) is 16.7 Å². The van der Waals surface area contributed by atoms with Crippen LogP contribution in [0, 0.1) is 6.92 Å². The molecule has 1 fully saturated rings. The molecule has 0 saturated carbocycles. The Labute approximate surface area is 200 Å². The Hall–Kier alpha value is -3.27. The van der Waals surface area contributed by atoms with Crippen LogP contribution in [-0.2, 0) is 17.5 Å². The maximum absolute atomic E-state index is 13.5. The van der Waals surface area contributed by atoms with Crippen LogP contribution in [0.1, 0.15) is 36.1 Å². The molecular weight excluding hydrogens is 461 g/mol. The topological polar surface area (TPSA) is 69.9 Å². The number of halogens is 3. The van der Waals surface area contributed by atoms with Crippen molar-refractivity contribution in [2.45, 2.75) is 45.1 Å². The Morgan fingerprint density at radius 1 is 1.26 bits per heavy atom. The second-order valence-corrected chi connectivity index (χ2v) is 8.78. The number of nitrogens with one attached hydrogen (secondary N) is 1. The van der Waals surface area contributed by atoms with E-state index < -0.39 is 17.8 Å². The zero-order valence-corrected chi connectivity index (χ0v) is 19.8. The smallest absolute Gasteiger partial charge is 0.416 e. The summed E-state index contributed by atoms with van der Waals surface area (Å²) in [7, 11) is 1.59. The fourth-order valence-corrected chi connectivity index (χ4v) is 4.73. The van der Waals surface area contributed by atoms with Gasteiger partial charge in [0.25, 0.3) is 0 Å². The van der Waals surface area contributed by atoms with Gasteiger partial charge in [0.05, 0.1) is 37.4 Å². The molecule has 186 valence electrons. The fraction of sp³-hybridized carbons (Fsp3) is 0.440. The number of hydrogen-bond donors (Lipinski definition) is 1. The van der Waals surface area contributed by atoms with E-state index in [-0.39, 0.29) is 11.7 Å². The van der Waals surface area contributed by atoms with Gasteiger partial charge < -0.3 is 24.1 Å². The lowest BCUT2D eigenvalue weighted by atomic mass is 9.97. The number of aromatic nitrogens is 2. The summed E-state index contributed by atoms with van der Waals surface area (Å²) in [5.41, 5.74) is 1.31. The first kappa shape index (κ1) is 23.5. The van der Waals surface area contributed by atoms with Crippen molar-refractivity contribution in [3.8, 4) is 11.5 Å². The highest BCUT2D eigenvalue weighted by molar-refractivity contribution is 5.83. The van der Waals surface area contributed by atoms with Crippen LogP contribution < -0.4 is 20.3 Å². The van der Waals surface area contributed by atoms with E-state index >= 15 is 0 Å². The first-order chi connectivity index (χ1) is 16.8. The van der Waals surface area contributed by atoms with Gasteiger partial charge in [0, 0.05) is 31.0 Å². The highest BCUT2D eigenvalue weighted by Gasteiger charge is 2.33. The van der Waals surface area contributed by atoms with Gasteiger partial charge in [0.1, 0.15) is 6.10 Å². The Morgan fingerprint density at radius 2 is 2.09 bits per heavy atom. The number of fused-ring (bicyclic) bond motifs is 3. The van der Waals surface area contributed by atoms with Gasteiger partial charge in [-0.3, -0.25) is 4.99 Å². The molecule has 3 heterocycles. The van der Waals surface area contributed by atoms with Gasteiger partial charge in [-0.25, -0.2) is 0 Å². The fourth-order valence-electron chi connectivity index (χ4n) is 4.73. The molecule has 0 amide bonds. The number of methoxy groups -OCH3 is 1. The highest BCUT2D eigenvalue weighted by atomic mass is 19.4. The van der Waals surface area contributed by atoms with Crippen molar-refractivity contribution in [3.05, 3.63) is 52.5 Å². The van der Waals surface area contributed by atoms with Gasteiger partial charge in [0.2, 0.25) is 5.95 Å². The summed E-state index contributed by atoms with van der Waals surface area (Å²) in [6.45, 7) is 5.85. The molecule has 3 aromatic rings. The van der Waals surface area contributed by atoms with Crippen LogP contribution >= 0.6 is 0 Å². The van der Waals surface area contributed by atoms with Gasteiger partial charge in [-0.2, -0.15) is 18.2 Å². The molecule has 10 heteroatoms. The van der Waals surface area contributed by atoms with E-state index in [1.165, 1.54) is 13.0 Å². The predicted octanol–water partition coefficient (Wildman–Crippen LogP) is 4.63. The van der Waals surface area contributed by atoms with E-state index in [0.717, 1.165) is 29.9 Å². The average Bonchev–Trinajstić information content (AvgIpc) is 3.50. The molecule has 5 rings (SSSR count). The lowest BCUT2D eigenvalue weighted by Crippen LogP contribution is -2.19. The minimum atomic E-state index is -4.42. The lowest BCUT2D eigenvalue weighted by Gasteiger charge is -2.18. The van der Waals surface area contributed by atoms with E-state index in [1.54, 1.807) is 20.1 Å². The number of anilines is 1. The van der Waals surface area contributed by atoms with Gasteiger partial charge in [-0.1, -0.05) is 12.1 Å². The number of alkyl halides is 3. The van der Waals surface area contributed by atoms with Crippen molar-refractivity contribution in [3.63, 3.8) is 0 Å². The van der Waals surface area contributed by atoms with Crippen molar-refractivity contribution in [2.24, 2.45) is 4.99 Å². The van der Waals surface area contributed by atoms with Gasteiger partial charge in [0.15, 0.2) is 17.0 Å². The minimum Gasteiger partial charge on any atom is -0.493 e. The third-order valence-corrected chi connectivity index (χ3v) is 6.53. The molecule has 2 aliphatic rings. The van der Waals surface area contributed by atoms with E-state index in [9.17, 15) is 13.2 Å². The predicted molar refractivity (Wildman–Crippen MR) is 125 cm³/mol. The number of benzene rings is 2. The number of nitrogens with zero attached hydrogens (tertiary/aromatic N) is 3. The van der Waals surface area contributed by atoms with E-state index in [4.69, 9.17) is 24.2 Å². The second kappa shape index (κ2) is 9.07. The Morgan fingerprint density at radius 3 is 2.80 bits per heavy atom. The highest BCUT2D eigenvalue weighted by Crippen LogP contribution is 2.36. The van der Waals surface area contributed by atoms with Gasteiger partial charge in [-0.05, 0) is 37.1 Å². The molecule has 0 aliphatic carbocycles. The zero-order chi connectivity index (χ0) is 24.7. The van der Waals surface area contributed by atoms with Crippen molar-refractivity contribution in [1.82, 2.24) is 9.55 Å². The summed E-state index contributed by atoms with van der Waals surface area (Å²) in [5, 5.41) is 3.99. The molecule has 0 spiro atoms. The zero-order valence-electron chi connectivity index (χ0n) is 19.8. The largest absolute Gasteiger partial charge is 0.493 e. The summed E-state index contributed by atoms with van der Waals surface area (Å²) in [5.74, 6) is 1.80. The van der Waals surface area contributed by atoms with Gasteiger partial charge >= 0.3 is 6.18 Å². The number of hydrogen-bond acceptors (Lipinski definition) is 6. The summed E-state index contributed by atoms with van der Waals surface area (Å²) in [4.78, 5) is 9.51. The lowest BCUT2D eigenvalue weighted by molar-refractivity contribution is -0.138. The minimum absolute atomic E-state index is 0.0786. The molecule has 1 N–H and O–H groups in total. The van der Waals surface area contributed by atoms with E-state index in [0.29, 0.717) is 48.3 Å². The third-order valence-electron chi connectivity index (χ3n) is 6.53. The molecule has 0 bridgehead atoms.